The Labute approximate surface area is 105 Å². The van der Waals surface area contributed by atoms with E-state index in [1.807, 2.05) is 14.0 Å². The van der Waals surface area contributed by atoms with E-state index in [1.54, 1.807) is 6.07 Å². The zero-order valence-electron chi connectivity index (χ0n) is 10.4. The maximum atomic E-state index is 12.9. The topological polar surface area (TPSA) is 24.1 Å². The third-order valence-corrected chi connectivity index (χ3v) is 3.42. The van der Waals surface area contributed by atoms with Crippen molar-refractivity contribution in [3.05, 3.63) is 29.3 Å². The number of hydrogen-bond acceptors (Lipinski definition) is 2. The molecule has 2 atom stereocenters. The predicted octanol–water partition coefficient (Wildman–Crippen LogP) is 3.04. The Morgan fingerprint density at radius 2 is 2.17 bits per heavy atom. The molecule has 0 spiro atoms. The van der Waals surface area contributed by atoms with Gasteiger partial charge in [-0.2, -0.15) is 13.2 Å². The normalized spacial score (nSPS) is 20.4. The molecule has 0 aliphatic carbocycles. The summed E-state index contributed by atoms with van der Waals surface area (Å²) in [7, 11) is 1.86. The van der Waals surface area contributed by atoms with Gasteiger partial charge in [-0.15, -0.1) is 0 Å². The number of nitrogens with one attached hydrogen (secondary N) is 2. The lowest BCUT2D eigenvalue weighted by Gasteiger charge is -2.16. The van der Waals surface area contributed by atoms with Crippen molar-refractivity contribution >= 4 is 5.69 Å². The largest absolute Gasteiger partial charge is 0.416 e. The summed E-state index contributed by atoms with van der Waals surface area (Å²) in [5.41, 5.74) is 0.517. The Morgan fingerprint density at radius 3 is 2.78 bits per heavy atom. The van der Waals surface area contributed by atoms with E-state index in [9.17, 15) is 13.2 Å². The van der Waals surface area contributed by atoms with Crippen molar-refractivity contribution in [2.45, 2.75) is 38.0 Å². The monoisotopic (exact) mass is 258 g/mol. The first kappa shape index (κ1) is 13.2. The van der Waals surface area contributed by atoms with Crippen molar-refractivity contribution < 1.29 is 13.2 Å². The number of fused-ring (bicyclic) bond motifs is 1. The van der Waals surface area contributed by atoms with Gasteiger partial charge >= 0.3 is 6.18 Å². The highest BCUT2D eigenvalue weighted by atomic mass is 19.4. The molecule has 2 unspecified atom stereocenters. The molecule has 1 aliphatic heterocycles. The first-order valence-electron chi connectivity index (χ1n) is 6.04. The van der Waals surface area contributed by atoms with Gasteiger partial charge in [-0.25, -0.2) is 0 Å². The van der Waals surface area contributed by atoms with Gasteiger partial charge in [-0.3, -0.25) is 0 Å². The van der Waals surface area contributed by atoms with Crippen LogP contribution in [0.2, 0.25) is 0 Å². The van der Waals surface area contributed by atoms with Crippen LogP contribution in [0.3, 0.4) is 0 Å². The molecule has 0 aromatic heterocycles. The van der Waals surface area contributed by atoms with Gasteiger partial charge in [-0.1, -0.05) is 6.07 Å². The number of alkyl halides is 3. The minimum Gasteiger partial charge on any atom is -0.382 e. The highest BCUT2D eigenvalue weighted by Gasteiger charge is 2.36. The summed E-state index contributed by atoms with van der Waals surface area (Å²) >= 11 is 0. The Morgan fingerprint density at radius 1 is 1.44 bits per heavy atom. The van der Waals surface area contributed by atoms with E-state index in [1.165, 1.54) is 6.07 Å². The lowest BCUT2D eigenvalue weighted by molar-refractivity contribution is -0.138. The van der Waals surface area contributed by atoms with Crippen molar-refractivity contribution in [1.82, 2.24) is 5.32 Å². The average Bonchev–Trinajstić information content (AvgIpc) is 2.68. The molecule has 0 fully saturated rings. The van der Waals surface area contributed by atoms with Crippen molar-refractivity contribution in [3.8, 4) is 0 Å². The first-order valence-corrected chi connectivity index (χ1v) is 6.04. The third kappa shape index (κ3) is 2.61. The summed E-state index contributed by atoms with van der Waals surface area (Å²) in [6.07, 6.45) is -3.02. The van der Waals surface area contributed by atoms with E-state index in [2.05, 4.69) is 10.6 Å². The van der Waals surface area contributed by atoms with Crippen LogP contribution in [0.25, 0.3) is 0 Å². The standard InChI is InChI=1S/C13H17F3N2/c1-8(17-2)6-9-7-10-11(13(14,15)16)4-3-5-12(10)18-9/h3-5,8-9,17-18H,6-7H2,1-2H3. The number of anilines is 1. The molecule has 1 aliphatic rings. The third-order valence-electron chi connectivity index (χ3n) is 3.42. The van der Waals surface area contributed by atoms with Crippen LogP contribution in [0, 0.1) is 0 Å². The van der Waals surface area contributed by atoms with E-state index in [0.29, 0.717) is 17.7 Å². The van der Waals surface area contributed by atoms with Crippen LogP contribution >= 0.6 is 0 Å². The molecule has 18 heavy (non-hydrogen) atoms. The Bertz CT molecular complexity index is 429. The number of hydrogen-bond donors (Lipinski definition) is 2. The molecule has 0 saturated carbocycles. The Hall–Kier alpha value is -1.23. The lowest BCUT2D eigenvalue weighted by Crippen LogP contribution is -2.29. The molecular formula is C13H17F3N2. The summed E-state index contributed by atoms with van der Waals surface area (Å²) in [4.78, 5) is 0. The van der Waals surface area contributed by atoms with Gasteiger partial charge < -0.3 is 10.6 Å². The molecular weight excluding hydrogens is 241 g/mol. The maximum absolute atomic E-state index is 12.9. The number of benzene rings is 1. The molecule has 5 heteroatoms. The smallest absolute Gasteiger partial charge is 0.382 e. The van der Waals surface area contributed by atoms with E-state index in [0.717, 1.165) is 12.5 Å². The van der Waals surface area contributed by atoms with E-state index >= 15 is 0 Å². The Kier molecular flexibility index (Phi) is 3.52. The molecule has 1 heterocycles. The molecule has 2 nitrogen and oxygen atoms in total. The molecule has 0 saturated heterocycles. The van der Waals surface area contributed by atoms with Crippen molar-refractivity contribution in [3.63, 3.8) is 0 Å². The average molecular weight is 258 g/mol. The summed E-state index contributed by atoms with van der Waals surface area (Å²) in [5.74, 6) is 0. The van der Waals surface area contributed by atoms with E-state index in [4.69, 9.17) is 0 Å². The minimum atomic E-state index is -4.27. The summed E-state index contributed by atoms with van der Waals surface area (Å²) in [6, 6.07) is 4.69. The summed E-state index contributed by atoms with van der Waals surface area (Å²) < 4.78 is 38.6. The maximum Gasteiger partial charge on any atom is 0.416 e. The Balaban J connectivity index is 2.19. The van der Waals surface area contributed by atoms with Crippen LogP contribution in [0.1, 0.15) is 24.5 Å². The van der Waals surface area contributed by atoms with Crippen LogP contribution in [0.15, 0.2) is 18.2 Å². The number of rotatable bonds is 3. The van der Waals surface area contributed by atoms with Gasteiger partial charge in [0.2, 0.25) is 0 Å². The van der Waals surface area contributed by atoms with Gasteiger partial charge in [0, 0.05) is 17.8 Å². The van der Waals surface area contributed by atoms with Gasteiger partial charge in [0.05, 0.1) is 5.56 Å². The van der Waals surface area contributed by atoms with Gasteiger partial charge in [0.1, 0.15) is 0 Å². The van der Waals surface area contributed by atoms with Crippen LogP contribution < -0.4 is 10.6 Å². The van der Waals surface area contributed by atoms with Crippen molar-refractivity contribution in [1.29, 1.82) is 0 Å². The predicted molar refractivity (Wildman–Crippen MR) is 65.7 cm³/mol. The molecule has 1 aromatic carbocycles. The van der Waals surface area contributed by atoms with E-state index in [-0.39, 0.29) is 12.1 Å². The molecule has 2 rings (SSSR count). The molecule has 0 radical (unpaired) electrons. The minimum absolute atomic E-state index is 0.0750. The fourth-order valence-corrected chi connectivity index (χ4v) is 2.41. The fraction of sp³-hybridized carbons (Fsp3) is 0.538. The number of halogens is 3. The van der Waals surface area contributed by atoms with Crippen LogP contribution in [-0.2, 0) is 12.6 Å². The quantitative estimate of drug-likeness (QED) is 0.870. The molecule has 100 valence electrons. The molecule has 1 aromatic rings. The second-order valence-corrected chi connectivity index (χ2v) is 4.80. The molecule has 2 N–H and O–H groups in total. The second kappa shape index (κ2) is 4.80. The van der Waals surface area contributed by atoms with Gasteiger partial charge in [-0.05, 0) is 44.5 Å². The molecule has 0 amide bonds. The summed E-state index contributed by atoms with van der Waals surface area (Å²) in [6.45, 7) is 2.02. The van der Waals surface area contributed by atoms with E-state index < -0.39 is 11.7 Å². The van der Waals surface area contributed by atoms with Crippen LogP contribution in [0.5, 0.6) is 0 Å². The van der Waals surface area contributed by atoms with Crippen molar-refractivity contribution in [2.75, 3.05) is 12.4 Å². The zero-order valence-corrected chi connectivity index (χ0v) is 10.4. The van der Waals surface area contributed by atoms with Crippen molar-refractivity contribution in [2.24, 2.45) is 0 Å². The molecule has 0 bridgehead atoms. The second-order valence-electron chi connectivity index (χ2n) is 4.80. The van der Waals surface area contributed by atoms with Crippen LogP contribution in [-0.4, -0.2) is 19.1 Å². The summed E-state index contributed by atoms with van der Waals surface area (Å²) in [5, 5.41) is 6.27. The SMILES string of the molecule is CNC(C)CC1Cc2c(cccc2C(F)(F)F)N1. The highest BCUT2D eigenvalue weighted by molar-refractivity contribution is 5.60. The zero-order chi connectivity index (χ0) is 13.3. The first-order chi connectivity index (χ1) is 8.41. The highest BCUT2D eigenvalue weighted by Crippen LogP contribution is 2.39. The lowest BCUT2D eigenvalue weighted by atomic mass is 10.00. The van der Waals surface area contributed by atoms with Crippen LogP contribution in [0.4, 0.5) is 18.9 Å². The van der Waals surface area contributed by atoms with Gasteiger partial charge in [0.25, 0.3) is 0 Å². The van der Waals surface area contributed by atoms with Gasteiger partial charge in [0.15, 0.2) is 0 Å². The fourth-order valence-electron chi connectivity index (χ4n) is 2.41.